The Morgan fingerprint density at radius 2 is 1.73 bits per heavy atom. The molecular weight excluding hydrogens is 294 g/mol. The van der Waals surface area contributed by atoms with Gasteiger partial charge in [0, 0.05) is 13.1 Å². The molecule has 0 amide bonds. The first-order valence-corrected chi connectivity index (χ1v) is 8.27. The van der Waals surface area contributed by atoms with Gasteiger partial charge in [-0.15, -0.1) is 0 Å². The van der Waals surface area contributed by atoms with Crippen LogP contribution in [0.3, 0.4) is 0 Å². The van der Waals surface area contributed by atoms with E-state index in [1.165, 1.54) is 24.0 Å². The molecule has 0 radical (unpaired) electrons. The summed E-state index contributed by atoms with van der Waals surface area (Å²) in [6.45, 7) is 9.44. The van der Waals surface area contributed by atoms with E-state index in [1.54, 1.807) is 4.68 Å². The van der Waals surface area contributed by atoms with Gasteiger partial charge in [0.1, 0.15) is 0 Å². The van der Waals surface area contributed by atoms with Crippen molar-refractivity contribution in [3.05, 3.63) is 34.1 Å². The zero-order chi connectivity index (χ0) is 15.7. The average molecular weight is 317 g/mol. The Hall–Kier alpha value is -1.53. The molecule has 118 valence electrons. The summed E-state index contributed by atoms with van der Waals surface area (Å²) >= 11 is 5.56. The quantitative estimate of drug-likeness (QED) is 0.816. The summed E-state index contributed by atoms with van der Waals surface area (Å²) in [5.74, 6) is 0.829. The lowest BCUT2D eigenvalue weighted by Crippen LogP contribution is -2.34. The molecule has 2 heterocycles. The second-order valence-electron chi connectivity index (χ2n) is 6.46. The van der Waals surface area contributed by atoms with Gasteiger partial charge in [-0.05, 0) is 78.5 Å². The maximum absolute atomic E-state index is 5.56. The molecule has 0 bridgehead atoms. The summed E-state index contributed by atoms with van der Waals surface area (Å²) in [4.78, 5) is 2.40. The maximum atomic E-state index is 5.56. The summed E-state index contributed by atoms with van der Waals surface area (Å²) in [5, 5.41) is 8.50. The van der Waals surface area contributed by atoms with Gasteiger partial charge < -0.3 is 0 Å². The van der Waals surface area contributed by atoms with Crippen molar-refractivity contribution in [1.29, 1.82) is 0 Å². The number of piperidine rings is 1. The monoisotopic (exact) mass is 317 g/mol. The number of hydrogen-bond acceptors (Lipinski definition) is 4. The highest BCUT2D eigenvalue weighted by Gasteiger charge is 2.17. The number of hydrogen-bond donors (Lipinski definition) is 0. The average Bonchev–Trinajstić information content (AvgIpc) is 2.82. The zero-order valence-corrected chi connectivity index (χ0v) is 14.3. The van der Waals surface area contributed by atoms with Gasteiger partial charge in [0.15, 0.2) is 0 Å². The first kappa shape index (κ1) is 15.4. The van der Waals surface area contributed by atoms with Crippen LogP contribution >= 0.6 is 12.2 Å². The predicted octanol–water partition coefficient (Wildman–Crippen LogP) is 3.10. The highest BCUT2D eigenvalue weighted by molar-refractivity contribution is 7.71. The van der Waals surface area contributed by atoms with Gasteiger partial charge >= 0.3 is 0 Å². The Morgan fingerprint density at radius 3 is 2.36 bits per heavy atom. The van der Waals surface area contributed by atoms with Gasteiger partial charge in [0.2, 0.25) is 4.77 Å². The lowest BCUT2D eigenvalue weighted by molar-refractivity contribution is 0.145. The van der Waals surface area contributed by atoms with E-state index < -0.39 is 0 Å². The molecule has 0 N–H and O–H groups in total. The van der Waals surface area contributed by atoms with E-state index in [0.717, 1.165) is 31.4 Å². The highest BCUT2D eigenvalue weighted by Crippen LogP contribution is 2.17. The van der Waals surface area contributed by atoms with Crippen LogP contribution in [0, 0.1) is 24.5 Å². The number of likely N-dealkylation sites (tertiary alicyclic amines) is 1. The van der Waals surface area contributed by atoms with Crippen molar-refractivity contribution < 1.29 is 0 Å². The van der Waals surface area contributed by atoms with E-state index in [-0.39, 0.29) is 0 Å². The number of benzene rings is 1. The maximum Gasteiger partial charge on any atom is 0.221 e. The summed E-state index contributed by atoms with van der Waals surface area (Å²) < 4.78 is 4.23. The molecule has 22 heavy (non-hydrogen) atoms. The summed E-state index contributed by atoms with van der Waals surface area (Å²) in [7, 11) is 0. The van der Waals surface area contributed by atoms with Crippen LogP contribution in [0.1, 0.15) is 30.9 Å². The topological polar surface area (TPSA) is 38.9 Å². The third kappa shape index (κ3) is 3.28. The molecule has 5 nitrogen and oxygen atoms in total. The third-order valence-electron chi connectivity index (χ3n) is 4.30. The van der Waals surface area contributed by atoms with Crippen LogP contribution in [0.2, 0.25) is 0 Å². The fourth-order valence-electron chi connectivity index (χ4n) is 2.99. The van der Waals surface area contributed by atoms with E-state index in [0.29, 0.717) is 4.77 Å². The van der Waals surface area contributed by atoms with Crippen molar-refractivity contribution >= 4 is 12.2 Å². The molecule has 1 aromatic heterocycles. The van der Waals surface area contributed by atoms with Crippen molar-refractivity contribution in [3.63, 3.8) is 0 Å². The normalized spacial score (nSPS) is 17.0. The minimum absolute atomic E-state index is 0.656. The molecule has 0 unspecified atom stereocenters. The molecule has 1 fully saturated rings. The van der Waals surface area contributed by atoms with Crippen LogP contribution in [0.4, 0.5) is 0 Å². The van der Waals surface area contributed by atoms with E-state index in [9.17, 15) is 0 Å². The molecule has 1 aliphatic heterocycles. The van der Waals surface area contributed by atoms with Gasteiger partial charge in [0.25, 0.3) is 0 Å². The van der Waals surface area contributed by atoms with E-state index in [2.05, 4.69) is 54.3 Å². The number of nitrogens with zero attached hydrogens (tertiary/aromatic N) is 5. The molecule has 6 heteroatoms. The summed E-state index contributed by atoms with van der Waals surface area (Å²) in [6, 6.07) is 6.32. The minimum atomic E-state index is 0.656. The van der Waals surface area contributed by atoms with Gasteiger partial charge in [-0.3, -0.25) is 4.90 Å². The van der Waals surface area contributed by atoms with E-state index in [4.69, 9.17) is 12.2 Å². The Balaban J connectivity index is 1.81. The van der Waals surface area contributed by atoms with Crippen LogP contribution < -0.4 is 0 Å². The second kappa shape index (κ2) is 6.30. The highest BCUT2D eigenvalue weighted by atomic mass is 32.1. The summed E-state index contributed by atoms with van der Waals surface area (Å²) in [6.07, 6.45) is 2.50. The molecule has 0 spiro atoms. The van der Waals surface area contributed by atoms with Gasteiger partial charge in [-0.25, -0.2) is 4.68 Å². The van der Waals surface area contributed by atoms with Crippen LogP contribution in [0.5, 0.6) is 0 Å². The number of rotatable bonds is 3. The molecular formula is C16H23N5S. The number of tetrazole rings is 1. The molecule has 2 aromatic rings. The first-order valence-electron chi connectivity index (χ1n) is 7.87. The van der Waals surface area contributed by atoms with Crippen molar-refractivity contribution in [2.45, 2.75) is 40.3 Å². The second-order valence-corrected chi connectivity index (χ2v) is 6.83. The van der Waals surface area contributed by atoms with Crippen molar-refractivity contribution in [1.82, 2.24) is 24.7 Å². The van der Waals surface area contributed by atoms with E-state index in [1.807, 2.05) is 4.68 Å². The fourth-order valence-corrected chi connectivity index (χ4v) is 3.23. The van der Waals surface area contributed by atoms with Crippen LogP contribution in [0.25, 0.3) is 5.69 Å². The summed E-state index contributed by atoms with van der Waals surface area (Å²) in [5.41, 5.74) is 3.40. The van der Waals surface area contributed by atoms with E-state index >= 15 is 0 Å². The molecule has 1 aromatic carbocycles. The molecule has 0 atom stereocenters. The standard InChI is InChI=1S/C16H23N5S/c1-12-4-6-19(7-5-12)11-20-16(22)21(18-17-20)15-9-13(2)8-14(3)10-15/h8-10,12H,4-7,11H2,1-3H3. The zero-order valence-electron chi connectivity index (χ0n) is 13.5. The molecule has 1 aliphatic rings. The van der Waals surface area contributed by atoms with Crippen LogP contribution in [-0.4, -0.2) is 37.8 Å². The predicted molar refractivity (Wildman–Crippen MR) is 89.6 cm³/mol. The van der Waals surface area contributed by atoms with Gasteiger partial charge in [0.05, 0.1) is 12.4 Å². The lowest BCUT2D eigenvalue weighted by atomic mass is 10.00. The smallest absolute Gasteiger partial charge is 0.221 e. The van der Waals surface area contributed by atoms with Crippen molar-refractivity contribution in [2.75, 3.05) is 13.1 Å². The van der Waals surface area contributed by atoms with Crippen LogP contribution in [0.15, 0.2) is 18.2 Å². The largest absolute Gasteiger partial charge is 0.284 e. The fraction of sp³-hybridized carbons (Fsp3) is 0.562. The molecule has 3 rings (SSSR count). The SMILES string of the molecule is Cc1cc(C)cc(-n2nnn(CN3CCC(C)CC3)c2=S)c1. The van der Waals surface area contributed by atoms with Crippen molar-refractivity contribution in [3.8, 4) is 5.69 Å². The van der Waals surface area contributed by atoms with Gasteiger partial charge in [-0.2, -0.15) is 4.68 Å². The Labute approximate surface area is 136 Å². The van der Waals surface area contributed by atoms with Crippen molar-refractivity contribution in [2.24, 2.45) is 5.92 Å². The molecule has 1 saturated heterocycles. The number of aryl methyl sites for hydroxylation is 2. The first-order chi connectivity index (χ1) is 10.5. The Kier molecular flexibility index (Phi) is 4.40. The minimum Gasteiger partial charge on any atom is -0.284 e. The van der Waals surface area contributed by atoms with Crippen LogP contribution in [-0.2, 0) is 6.67 Å². The molecule has 0 aliphatic carbocycles. The Morgan fingerprint density at radius 1 is 1.09 bits per heavy atom. The van der Waals surface area contributed by atoms with Gasteiger partial charge in [-0.1, -0.05) is 13.0 Å². The number of aromatic nitrogens is 4. The Bertz CT molecular complexity index is 689. The lowest BCUT2D eigenvalue weighted by Gasteiger charge is -2.29. The molecule has 0 saturated carbocycles. The third-order valence-corrected chi connectivity index (χ3v) is 4.68.